The Kier molecular flexibility index (Phi) is 4.39. The number of hydrogen-bond donors (Lipinski definition) is 0. The molecular weight excluding hydrogens is 359 g/mol. The highest BCUT2D eigenvalue weighted by Crippen LogP contribution is 2.34. The first kappa shape index (κ1) is 17.3. The van der Waals surface area contributed by atoms with Crippen molar-refractivity contribution in [1.82, 2.24) is 15.0 Å². The molecule has 0 N–H and O–H groups in total. The van der Waals surface area contributed by atoms with Crippen LogP contribution >= 0.6 is 0 Å². The Morgan fingerprint density at radius 1 is 1.07 bits per heavy atom. The Morgan fingerprint density at radius 2 is 1.78 bits per heavy atom. The average Bonchev–Trinajstić information content (AvgIpc) is 3.26. The van der Waals surface area contributed by atoms with Crippen LogP contribution in [0.15, 0.2) is 47.0 Å². The van der Waals surface area contributed by atoms with Crippen LogP contribution in [-0.2, 0) is 11.3 Å². The lowest BCUT2D eigenvalue weighted by atomic mass is 10.1. The Bertz CT molecular complexity index is 968. The highest BCUT2D eigenvalue weighted by atomic mass is 19.1. The van der Waals surface area contributed by atoms with Crippen LogP contribution < -0.4 is 0 Å². The molecule has 8 heteroatoms. The van der Waals surface area contributed by atoms with Gasteiger partial charge in [-0.15, -0.1) is 0 Å². The van der Waals surface area contributed by atoms with Gasteiger partial charge in [0.1, 0.15) is 23.5 Å². The maximum absolute atomic E-state index is 14.0. The maximum Gasteiger partial charge on any atom is 0.249 e. The molecular formula is C19H14F3N3O2. The summed E-state index contributed by atoms with van der Waals surface area (Å²) in [5.41, 5.74) is 0.374. The van der Waals surface area contributed by atoms with Gasteiger partial charge in [0.2, 0.25) is 17.6 Å². The van der Waals surface area contributed by atoms with Crippen LogP contribution in [0.25, 0.3) is 11.4 Å². The van der Waals surface area contributed by atoms with E-state index in [1.54, 1.807) is 0 Å². The van der Waals surface area contributed by atoms with Crippen molar-refractivity contribution in [3.8, 4) is 11.4 Å². The smallest absolute Gasteiger partial charge is 0.249 e. The molecule has 1 unspecified atom stereocenters. The van der Waals surface area contributed by atoms with Gasteiger partial charge in [0.15, 0.2) is 0 Å². The molecule has 1 aliphatic heterocycles. The molecule has 1 aliphatic rings. The molecule has 5 nitrogen and oxygen atoms in total. The van der Waals surface area contributed by atoms with E-state index in [2.05, 4.69) is 10.1 Å². The van der Waals surface area contributed by atoms with Crippen molar-refractivity contribution in [3.63, 3.8) is 0 Å². The van der Waals surface area contributed by atoms with Crippen LogP contribution in [-0.4, -0.2) is 20.9 Å². The van der Waals surface area contributed by atoms with Crippen molar-refractivity contribution in [3.05, 3.63) is 71.4 Å². The van der Waals surface area contributed by atoms with Crippen LogP contribution in [0.2, 0.25) is 0 Å². The number of benzene rings is 2. The topological polar surface area (TPSA) is 59.2 Å². The van der Waals surface area contributed by atoms with Gasteiger partial charge in [-0.25, -0.2) is 13.2 Å². The highest BCUT2D eigenvalue weighted by molar-refractivity contribution is 5.78. The number of nitrogens with zero attached hydrogens (tertiary/aromatic N) is 3. The molecule has 0 bridgehead atoms. The van der Waals surface area contributed by atoms with E-state index in [0.29, 0.717) is 12.0 Å². The van der Waals surface area contributed by atoms with Crippen molar-refractivity contribution in [1.29, 1.82) is 0 Å². The molecule has 0 saturated carbocycles. The number of carbonyl (C=O) groups is 1. The summed E-state index contributed by atoms with van der Waals surface area (Å²) < 4.78 is 46.2. The van der Waals surface area contributed by atoms with Crippen LogP contribution in [0, 0.1) is 17.5 Å². The fraction of sp³-hybridized carbons (Fsp3) is 0.211. The summed E-state index contributed by atoms with van der Waals surface area (Å²) in [6.45, 7) is -0.226. The monoisotopic (exact) mass is 373 g/mol. The molecule has 0 aliphatic carbocycles. The van der Waals surface area contributed by atoms with Gasteiger partial charge in [0.25, 0.3) is 0 Å². The third kappa shape index (κ3) is 3.30. The fourth-order valence-corrected chi connectivity index (χ4v) is 3.13. The van der Waals surface area contributed by atoms with E-state index in [0.717, 1.165) is 12.1 Å². The molecule has 138 valence electrons. The van der Waals surface area contributed by atoms with Gasteiger partial charge in [-0.1, -0.05) is 11.2 Å². The number of likely N-dealkylation sites (tertiary alicyclic amines) is 1. The standard InChI is InChI=1S/C19H14F3N3O2/c20-12-6-4-11(5-7-12)18-23-19(27-24-18)16-8-9-17(26)25(16)10-13-14(21)2-1-3-15(13)22/h1-7,16H,8-10H2. The normalized spacial score (nSPS) is 16.9. The summed E-state index contributed by atoms with van der Waals surface area (Å²) >= 11 is 0. The third-order valence-corrected chi connectivity index (χ3v) is 4.55. The molecule has 0 radical (unpaired) electrons. The summed E-state index contributed by atoms with van der Waals surface area (Å²) in [7, 11) is 0. The minimum absolute atomic E-state index is 0.178. The Morgan fingerprint density at radius 3 is 2.48 bits per heavy atom. The minimum Gasteiger partial charge on any atom is -0.337 e. The van der Waals surface area contributed by atoms with Gasteiger partial charge in [0, 0.05) is 17.5 Å². The van der Waals surface area contributed by atoms with Gasteiger partial charge < -0.3 is 9.42 Å². The summed E-state index contributed by atoms with van der Waals surface area (Å²) in [4.78, 5) is 17.9. The van der Waals surface area contributed by atoms with Gasteiger partial charge in [-0.05, 0) is 42.8 Å². The first-order chi connectivity index (χ1) is 13.0. The zero-order valence-electron chi connectivity index (χ0n) is 14.0. The van der Waals surface area contributed by atoms with E-state index in [-0.39, 0.29) is 42.0 Å². The first-order valence-electron chi connectivity index (χ1n) is 8.35. The number of carbonyl (C=O) groups excluding carboxylic acids is 1. The van der Waals surface area contributed by atoms with Crippen molar-refractivity contribution >= 4 is 5.91 Å². The van der Waals surface area contributed by atoms with E-state index in [1.807, 2.05) is 0 Å². The zero-order valence-corrected chi connectivity index (χ0v) is 14.0. The van der Waals surface area contributed by atoms with E-state index >= 15 is 0 Å². The summed E-state index contributed by atoms with van der Waals surface area (Å²) in [5, 5.41) is 3.87. The van der Waals surface area contributed by atoms with E-state index in [4.69, 9.17) is 4.52 Å². The quantitative estimate of drug-likeness (QED) is 0.693. The van der Waals surface area contributed by atoms with Crippen molar-refractivity contribution in [2.24, 2.45) is 0 Å². The SMILES string of the molecule is O=C1CCC(c2nc(-c3ccc(F)cc3)no2)N1Cc1c(F)cccc1F. The molecule has 4 rings (SSSR count). The van der Waals surface area contributed by atoms with Crippen molar-refractivity contribution in [2.45, 2.75) is 25.4 Å². The molecule has 27 heavy (non-hydrogen) atoms. The molecule has 1 aromatic heterocycles. The number of hydrogen-bond acceptors (Lipinski definition) is 4. The lowest BCUT2D eigenvalue weighted by Crippen LogP contribution is -2.28. The number of amides is 1. The molecule has 2 heterocycles. The molecule has 1 amide bonds. The number of halogens is 3. The predicted octanol–water partition coefficient (Wildman–Crippen LogP) is 4.02. The Hall–Kier alpha value is -3.16. The maximum atomic E-state index is 14.0. The second-order valence-electron chi connectivity index (χ2n) is 6.24. The number of rotatable bonds is 4. The average molecular weight is 373 g/mol. The molecule has 1 fully saturated rings. The lowest BCUT2D eigenvalue weighted by molar-refractivity contribution is -0.130. The first-order valence-corrected chi connectivity index (χ1v) is 8.35. The second kappa shape index (κ2) is 6.86. The van der Waals surface area contributed by atoms with E-state index < -0.39 is 17.7 Å². The summed E-state index contributed by atoms with van der Waals surface area (Å²) in [6.07, 6.45) is 0.620. The summed E-state index contributed by atoms with van der Waals surface area (Å²) in [5.74, 6) is -1.64. The predicted molar refractivity (Wildman–Crippen MR) is 88.6 cm³/mol. The van der Waals surface area contributed by atoms with Crippen molar-refractivity contribution < 1.29 is 22.5 Å². The number of aromatic nitrogens is 2. The van der Waals surface area contributed by atoms with E-state index in [9.17, 15) is 18.0 Å². The highest BCUT2D eigenvalue weighted by Gasteiger charge is 2.36. The molecule has 1 saturated heterocycles. The van der Waals surface area contributed by atoms with Crippen molar-refractivity contribution in [2.75, 3.05) is 0 Å². The molecule has 2 aromatic carbocycles. The minimum atomic E-state index is -0.717. The fourth-order valence-electron chi connectivity index (χ4n) is 3.13. The van der Waals surface area contributed by atoms with Crippen LogP contribution in [0.5, 0.6) is 0 Å². The lowest BCUT2D eigenvalue weighted by Gasteiger charge is -2.22. The van der Waals surface area contributed by atoms with Gasteiger partial charge in [-0.3, -0.25) is 4.79 Å². The Balaban J connectivity index is 1.61. The third-order valence-electron chi connectivity index (χ3n) is 4.55. The molecule has 0 spiro atoms. The second-order valence-corrected chi connectivity index (χ2v) is 6.24. The van der Waals surface area contributed by atoms with Crippen LogP contribution in [0.1, 0.15) is 30.3 Å². The molecule has 3 aromatic rings. The van der Waals surface area contributed by atoms with Gasteiger partial charge in [-0.2, -0.15) is 4.98 Å². The van der Waals surface area contributed by atoms with Gasteiger partial charge in [0.05, 0.1) is 6.54 Å². The summed E-state index contributed by atoms with van der Waals surface area (Å²) in [6, 6.07) is 8.56. The van der Waals surface area contributed by atoms with Crippen LogP contribution in [0.3, 0.4) is 0 Å². The van der Waals surface area contributed by atoms with Gasteiger partial charge >= 0.3 is 0 Å². The van der Waals surface area contributed by atoms with E-state index in [1.165, 1.54) is 35.2 Å². The zero-order chi connectivity index (χ0) is 19.0. The molecule has 1 atom stereocenters. The largest absolute Gasteiger partial charge is 0.337 e. The van der Waals surface area contributed by atoms with Crippen LogP contribution in [0.4, 0.5) is 13.2 Å². The Labute approximate surface area is 152 Å².